The second-order valence-electron chi connectivity index (χ2n) is 8.41. The summed E-state index contributed by atoms with van der Waals surface area (Å²) in [7, 11) is 3.85. The highest BCUT2D eigenvalue weighted by molar-refractivity contribution is 5.80. The van der Waals surface area contributed by atoms with Crippen molar-refractivity contribution in [1.82, 2.24) is 25.3 Å². The van der Waals surface area contributed by atoms with E-state index in [4.69, 9.17) is 4.74 Å². The van der Waals surface area contributed by atoms with Gasteiger partial charge >= 0.3 is 0 Å². The molecule has 0 spiro atoms. The average Bonchev–Trinajstić information content (AvgIpc) is 2.90. The van der Waals surface area contributed by atoms with E-state index < -0.39 is 0 Å². The maximum absolute atomic E-state index is 5.53. The van der Waals surface area contributed by atoms with Crippen molar-refractivity contribution in [2.75, 3.05) is 39.9 Å². The van der Waals surface area contributed by atoms with Crippen molar-refractivity contribution in [1.29, 1.82) is 0 Å². The normalized spacial score (nSPS) is 18.4. The van der Waals surface area contributed by atoms with Gasteiger partial charge in [0.25, 0.3) is 0 Å². The topological polar surface area (TPSA) is 66.7 Å². The average molecular weight is 393 g/mol. The molecular weight excluding hydrogens is 352 g/mol. The molecular formula is C21H40N6O. The lowest BCUT2D eigenvalue weighted by atomic mass is 10.0. The number of morpholine rings is 1. The van der Waals surface area contributed by atoms with Gasteiger partial charge in [-0.25, -0.2) is 0 Å². The second-order valence-corrected chi connectivity index (χ2v) is 8.41. The van der Waals surface area contributed by atoms with Crippen LogP contribution in [0.2, 0.25) is 0 Å². The highest BCUT2D eigenvalue weighted by atomic mass is 16.5. The molecule has 0 radical (unpaired) electrons. The van der Waals surface area contributed by atoms with E-state index in [1.165, 1.54) is 17.7 Å². The molecule has 7 heteroatoms. The van der Waals surface area contributed by atoms with Gasteiger partial charge in [0.1, 0.15) is 0 Å². The van der Waals surface area contributed by atoms with Crippen LogP contribution >= 0.6 is 0 Å². The molecule has 1 aromatic heterocycles. The Morgan fingerprint density at radius 2 is 1.89 bits per heavy atom. The van der Waals surface area contributed by atoms with Crippen LogP contribution in [0, 0.1) is 19.8 Å². The molecule has 0 amide bonds. The van der Waals surface area contributed by atoms with Crippen LogP contribution in [0.1, 0.15) is 44.1 Å². The van der Waals surface area contributed by atoms with E-state index in [0.717, 1.165) is 50.9 Å². The zero-order valence-electron chi connectivity index (χ0n) is 18.9. The third-order valence-corrected chi connectivity index (χ3v) is 5.59. The molecule has 1 saturated heterocycles. The lowest BCUT2D eigenvalue weighted by Crippen LogP contribution is -2.52. The van der Waals surface area contributed by atoms with Crippen LogP contribution in [-0.2, 0) is 18.2 Å². The third-order valence-electron chi connectivity index (χ3n) is 5.59. The minimum absolute atomic E-state index is 0.278. The minimum atomic E-state index is 0.278. The Kier molecular flexibility index (Phi) is 8.76. The summed E-state index contributed by atoms with van der Waals surface area (Å²) in [5.41, 5.74) is 3.67. The van der Waals surface area contributed by atoms with Crippen molar-refractivity contribution >= 4 is 5.96 Å². The van der Waals surface area contributed by atoms with Crippen LogP contribution in [0.25, 0.3) is 0 Å². The monoisotopic (exact) mass is 392 g/mol. The molecule has 0 aromatic carbocycles. The molecule has 160 valence electrons. The summed E-state index contributed by atoms with van der Waals surface area (Å²) in [5, 5.41) is 11.6. The summed E-state index contributed by atoms with van der Waals surface area (Å²) in [6.07, 6.45) is 2.11. The van der Waals surface area contributed by atoms with Gasteiger partial charge in [-0.15, -0.1) is 0 Å². The van der Waals surface area contributed by atoms with Gasteiger partial charge in [0, 0.05) is 51.5 Å². The van der Waals surface area contributed by atoms with Crippen LogP contribution in [0.4, 0.5) is 0 Å². The number of aliphatic imine (C=N–C) groups is 1. The number of guanidine groups is 1. The maximum Gasteiger partial charge on any atom is 0.191 e. The Morgan fingerprint density at radius 1 is 1.21 bits per heavy atom. The van der Waals surface area contributed by atoms with Crippen LogP contribution in [0.3, 0.4) is 0 Å². The van der Waals surface area contributed by atoms with Gasteiger partial charge in [-0.1, -0.05) is 13.8 Å². The van der Waals surface area contributed by atoms with Crippen LogP contribution in [0.15, 0.2) is 4.99 Å². The summed E-state index contributed by atoms with van der Waals surface area (Å²) in [5.74, 6) is 1.54. The first-order valence-electron chi connectivity index (χ1n) is 10.6. The molecule has 1 aromatic rings. The van der Waals surface area contributed by atoms with E-state index in [-0.39, 0.29) is 6.04 Å². The predicted octanol–water partition coefficient (Wildman–Crippen LogP) is 1.88. The number of nitrogens with zero attached hydrogens (tertiary/aromatic N) is 4. The summed E-state index contributed by atoms with van der Waals surface area (Å²) >= 11 is 0. The molecule has 7 nitrogen and oxygen atoms in total. The molecule has 2 rings (SSSR count). The van der Waals surface area contributed by atoms with E-state index in [9.17, 15) is 0 Å². The Hall–Kier alpha value is -1.60. The summed E-state index contributed by atoms with van der Waals surface area (Å²) in [4.78, 5) is 7.00. The fourth-order valence-electron chi connectivity index (χ4n) is 3.96. The maximum atomic E-state index is 5.53. The van der Waals surface area contributed by atoms with E-state index in [1.807, 2.05) is 18.8 Å². The van der Waals surface area contributed by atoms with Crippen LogP contribution < -0.4 is 10.6 Å². The molecule has 0 aliphatic carbocycles. The van der Waals surface area contributed by atoms with Gasteiger partial charge in [-0.05, 0) is 45.1 Å². The summed E-state index contributed by atoms with van der Waals surface area (Å²) in [6.45, 7) is 15.6. The molecule has 1 aliphatic rings. The number of aryl methyl sites for hydroxylation is 2. The van der Waals surface area contributed by atoms with Crippen molar-refractivity contribution in [2.45, 2.75) is 59.5 Å². The van der Waals surface area contributed by atoms with Crippen molar-refractivity contribution < 1.29 is 4.74 Å². The second kappa shape index (κ2) is 10.8. The van der Waals surface area contributed by atoms with Gasteiger partial charge in [-0.3, -0.25) is 14.6 Å². The molecule has 28 heavy (non-hydrogen) atoms. The van der Waals surface area contributed by atoms with Crippen LogP contribution in [0.5, 0.6) is 0 Å². The quantitative estimate of drug-likeness (QED) is 0.522. The smallest absolute Gasteiger partial charge is 0.191 e. The fraction of sp³-hybridized carbons (Fsp3) is 0.810. The van der Waals surface area contributed by atoms with E-state index in [0.29, 0.717) is 12.0 Å². The Labute approximate surface area is 170 Å². The first-order chi connectivity index (χ1) is 13.3. The van der Waals surface area contributed by atoms with Gasteiger partial charge in [-0.2, -0.15) is 5.10 Å². The van der Waals surface area contributed by atoms with Crippen molar-refractivity contribution in [3.8, 4) is 0 Å². The Bertz CT molecular complexity index is 633. The molecule has 2 heterocycles. The highest BCUT2D eigenvalue weighted by Crippen LogP contribution is 2.15. The Morgan fingerprint density at radius 3 is 2.43 bits per heavy atom. The molecule has 1 aliphatic heterocycles. The lowest BCUT2D eigenvalue weighted by molar-refractivity contribution is 0.0132. The molecule has 2 atom stereocenters. The van der Waals surface area contributed by atoms with Crippen LogP contribution in [-0.4, -0.2) is 72.6 Å². The van der Waals surface area contributed by atoms with E-state index >= 15 is 0 Å². The van der Waals surface area contributed by atoms with Gasteiger partial charge in [0.15, 0.2) is 5.96 Å². The number of nitrogens with one attached hydrogen (secondary N) is 2. The van der Waals surface area contributed by atoms with Crippen molar-refractivity contribution in [3.63, 3.8) is 0 Å². The third kappa shape index (κ3) is 6.48. The highest BCUT2D eigenvalue weighted by Gasteiger charge is 2.22. The largest absolute Gasteiger partial charge is 0.379 e. The van der Waals surface area contributed by atoms with E-state index in [1.54, 1.807) is 0 Å². The minimum Gasteiger partial charge on any atom is -0.379 e. The molecule has 0 bridgehead atoms. The number of hydrogen-bond acceptors (Lipinski definition) is 4. The molecule has 0 saturated carbocycles. The zero-order chi connectivity index (χ0) is 20.7. The first-order valence-corrected chi connectivity index (χ1v) is 10.6. The number of hydrogen-bond donors (Lipinski definition) is 2. The predicted molar refractivity (Wildman–Crippen MR) is 116 cm³/mol. The fourth-order valence-corrected chi connectivity index (χ4v) is 3.96. The molecule has 2 N–H and O–H groups in total. The summed E-state index contributed by atoms with van der Waals surface area (Å²) < 4.78 is 7.49. The Balaban J connectivity index is 1.90. The SMILES string of the molecule is CN=C(NCC(CC(C)C)N1CCOCC1)NC(C)Cc1c(C)nn(C)c1C. The zero-order valence-corrected chi connectivity index (χ0v) is 18.9. The number of ether oxygens (including phenoxy) is 1. The number of aromatic nitrogens is 2. The van der Waals surface area contributed by atoms with E-state index in [2.05, 4.69) is 60.2 Å². The van der Waals surface area contributed by atoms with Crippen molar-refractivity contribution in [2.24, 2.45) is 18.0 Å². The standard InChI is InChI=1S/C21H40N6O/c1-15(2)12-19(27-8-10-28-11-9-27)14-23-21(22-6)24-16(3)13-20-17(4)25-26(7)18(20)5/h15-16,19H,8-14H2,1-7H3,(H2,22,23,24). The first kappa shape index (κ1) is 22.7. The van der Waals surface area contributed by atoms with Crippen molar-refractivity contribution in [3.05, 3.63) is 17.0 Å². The summed E-state index contributed by atoms with van der Waals surface area (Å²) in [6, 6.07) is 0.778. The molecule has 2 unspecified atom stereocenters. The number of rotatable bonds is 8. The molecule has 1 fully saturated rings. The van der Waals surface area contributed by atoms with Gasteiger partial charge in [0.2, 0.25) is 0 Å². The lowest BCUT2D eigenvalue weighted by Gasteiger charge is -2.36. The van der Waals surface area contributed by atoms with Gasteiger partial charge in [0.05, 0.1) is 18.9 Å². The van der Waals surface area contributed by atoms with Gasteiger partial charge < -0.3 is 15.4 Å².